The number of amides is 2. The van der Waals surface area contributed by atoms with E-state index in [4.69, 9.17) is 10.5 Å². The van der Waals surface area contributed by atoms with Crippen LogP contribution in [0.2, 0.25) is 0 Å². The van der Waals surface area contributed by atoms with Gasteiger partial charge in [-0.2, -0.15) is 0 Å². The molecule has 2 saturated heterocycles. The quantitative estimate of drug-likeness (QED) is 0.782. The molecule has 1 aromatic heterocycles. The number of aromatic nitrogens is 1. The number of nitrogens with zero attached hydrogens (tertiary/aromatic N) is 2. The number of cyclic esters (lactones) is 1. The van der Waals surface area contributed by atoms with Crippen molar-refractivity contribution in [2.45, 2.75) is 56.8 Å². The molecule has 4 atom stereocenters. The number of ether oxygens (including phenoxy) is 1. The first kappa shape index (κ1) is 17.8. The maximum absolute atomic E-state index is 13.0. The van der Waals surface area contributed by atoms with E-state index >= 15 is 0 Å². The van der Waals surface area contributed by atoms with Crippen LogP contribution in [0.5, 0.6) is 0 Å². The molecule has 0 saturated carbocycles. The minimum Gasteiger partial charge on any atom is -0.444 e. The highest BCUT2D eigenvalue weighted by molar-refractivity contribution is 7.07. The van der Waals surface area contributed by atoms with E-state index in [-0.39, 0.29) is 11.7 Å². The topological polar surface area (TPSA) is 115 Å². The first-order valence-corrected chi connectivity index (χ1v) is 9.23. The zero-order valence-corrected chi connectivity index (χ0v) is 15.0. The van der Waals surface area contributed by atoms with Crippen molar-refractivity contribution in [1.82, 2.24) is 15.2 Å². The van der Waals surface area contributed by atoms with Crippen LogP contribution in [0.4, 0.5) is 4.79 Å². The van der Waals surface area contributed by atoms with Gasteiger partial charge in [0.1, 0.15) is 17.7 Å². The molecule has 0 unspecified atom stereocenters. The molecule has 0 bridgehead atoms. The second-order valence-corrected chi connectivity index (χ2v) is 7.47. The van der Waals surface area contributed by atoms with E-state index in [1.165, 1.54) is 11.3 Å². The predicted molar refractivity (Wildman–Crippen MR) is 91.0 cm³/mol. The maximum atomic E-state index is 13.0. The molecule has 0 aromatic carbocycles. The summed E-state index contributed by atoms with van der Waals surface area (Å²) in [6.45, 7) is 3.88. The second-order valence-electron chi connectivity index (χ2n) is 6.75. The van der Waals surface area contributed by atoms with Crippen molar-refractivity contribution in [1.29, 1.82) is 0 Å². The van der Waals surface area contributed by atoms with Gasteiger partial charge in [-0.05, 0) is 26.7 Å². The number of hydrogen-bond acceptors (Lipinski definition) is 7. The lowest BCUT2D eigenvalue weighted by Gasteiger charge is -2.37. The molecule has 2 aliphatic rings. The Morgan fingerprint density at radius 3 is 2.96 bits per heavy atom. The van der Waals surface area contributed by atoms with Crippen LogP contribution in [-0.4, -0.2) is 57.9 Å². The fourth-order valence-corrected chi connectivity index (χ4v) is 4.12. The molecule has 3 heterocycles. The van der Waals surface area contributed by atoms with Gasteiger partial charge >= 0.3 is 6.09 Å². The predicted octanol–water partition coefficient (Wildman–Crippen LogP) is 0.460. The molecular formula is C16H22N4O4S. The smallest absolute Gasteiger partial charge is 0.408 e. The first-order chi connectivity index (χ1) is 11.8. The van der Waals surface area contributed by atoms with E-state index in [1.807, 2.05) is 5.38 Å². The highest BCUT2D eigenvalue weighted by Crippen LogP contribution is 2.33. The highest BCUT2D eigenvalue weighted by Gasteiger charge is 2.52. The number of rotatable bonds is 5. The van der Waals surface area contributed by atoms with Gasteiger partial charge in [-0.3, -0.25) is 9.59 Å². The van der Waals surface area contributed by atoms with Gasteiger partial charge in [0.15, 0.2) is 5.78 Å². The Bertz CT molecular complexity index is 680. The van der Waals surface area contributed by atoms with Crippen molar-refractivity contribution < 1.29 is 19.1 Å². The van der Waals surface area contributed by atoms with Crippen LogP contribution in [0.15, 0.2) is 10.9 Å². The Balaban J connectivity index is 1.75. The third kappa shape index (κ3) is 3.25. The third-order valence-corrected chi connectivity index (χ3v) is 5.62. The van der Waals surface area contributed by atoms with Gasteiger partial charge in [-0.15, -0.1) is 11.3 Å². The second kappa shape index (κ2) is 6.72. The molecule has 25 heavy (non-hydrogen) atoms. The summed E-state index contributed by atoms with van der Waals surface area (Å²) in [5.41, 5.74) is 7.55. The summed E-state index contributed by atoms with van der Waals surface area (Å²) in [7, 11) is 0. The van der Waals surface area contributed by atoms with Gasteiger partial charge in [0, 0.05) is 18.3 Å². The molecule has 2 fully saturated rings. The van der Waals surface area contributed by atoms with Crippen LogP contribution < -0.4 is 11.1 Å². The molecule has 136 valence electrons. The van der Waals surface area contributed by atoms with Crippen molar-refractivity contribution in [3.05, 3.63) is 16.6 Å². The Morgan fingerprint density at radius 2 is 2.36 bits per heavy atom. The normalized spacial score (nSPS) is 30.0. The molecule has 0 aliphatic carbocycles. The molecule has 0 spiro atoms. The van der Waals surface area contributed by atoms with E-state index in [2.05, 4.69) is 10.3 Å². The number of alkyl carbamates (subject to hydrolysis) is 1. The van der Waals surface area contributed by atoms with Crippen molar-refractivity contribution in [3.8, 4) is 0 Å². The largest absolute Gasteiger partial charge is 0.444 e. The minimum absolute atomic E-state index is 0.211. The Hall–Kier alpha value is -2.00. The van der Waals surface area contributed by atoms with Gasteiger partial charge in [0.2, 0.25) is 5.91 Å². The summed E-state index contributed by atoms with van der Waals surface area (Å²) in [5.74, 6) is -0.475. The van der Waals surface area contributed by atoms with E-state index in [0.717, 1.165) is 5.69 Å². The summed E-state index contributed by atoms with van der Waals surface area (Å²) < 4.78 is 5.01. The van der Waals surface area contributed by atoms with Gasteiger partial charge in [-0.1, -0.05) is 0 Å². The molecule has 2 aliphatic heterocycles. The summed E-state index contributed by atoms with van der Waals surface area (Å²) >= 11 is 1.45. The zero-order chi connectivity index (χ0) is 18.2. The third-order valence-electron chi connectivity index (χ3n) is 4.99. The van der Waals surface area contributed by atoms with E-state index in [1.54, 1.807) is 24.3 Å². The number of ketones is 1. The lowest BCUT2D eigenvalue weighted by molar-refractivity contribution is -0.145. The number of hydrogen-bond donors (Lipinski definition) is 2. The lowest BCUT2D eigenvalue weighted by Crippen LogP contribution is -2.60. The Morgan fingerprint density at radius 1 is 1.60 bits per heavy atom. The van der Waals surface area contributed by atoms with Crippen LogP contribution in [0.3, 0.4) is 0 Å². The molecule has 8 nitrogen and oxygen atoms in total. The molecule has 2 amide bonds. The number of Topliss-reactive ketones (excluding diaryl/α,β-unsaturated/α-hetero) is 1. The van der Waals surface area contributed by atoms with Gasteiger partial charge in [-0.25, -0.2) is 9.78 Å². The zero-order valence-electron chi connectivity index (χ0n) is 14.2. The van der Waals surface area contributed by atoms with E-state index < -0.39 is 29.8 Å². The number of nitrogens with two attached hydrogens (primary N) is 1. The SMILES string of the molecule is C[C@@H]1OC(=O)N[C@@H]1C(=O)[C@@]1(C)CCCN1C(=O)[C@H](N)Cc1cscn1. The number of carbonyl (C=O) groups is 3. The summed E-state index contributed by atoms with van der Waals surface area (Å²) in [6.07, 6.45) is 0.430. The first-order valence-electron chi connectivity index (χ1n) is 8.28. The lowest BCUT2D eigenvalue weighted by atomic mass is 9.86. The van der Waals surface area contributed by atoms with Crippen molar-refractivity contribution in [2.24, 2.45) is 5.73 Å². The fraction of sp³-hybridized carbons (Fsp3) is 0.625. The van der Waals surface area contributed by atoms with Gasteiger partial charge < -0.3 is 20.7 Å². The average Bonchev–Trinajstić information content (AvgIpc) is 3.27. The minimum atomic E-state index is -0.989. The van der Waals surface area contributed by atoms with Crippen molar-refractivity contribution in [2.75, 3.05) is 6.54 Å². The molecule has 0 radical (unpaired) electrons. The maximum Gasteiger partial charge on any atom is 0.408 e. The van der Waals surface area contributed by atoms with Crippen LogP contribution in [0, 0.1) is 0 Å². The number of thiazole rings is 1. The monoisotopic (exact) mass is 366 g/mol. The van der Waals surface area contributed by atoms with Crippen molar-refractivity contribution in [3.63, 3.8) is 0 Å². The van der Waals surface area contributed by atoms with Crippen LogP contribution in [0.25, 0.3) is 0 Å². The standard InChI is InChI=1S/C16H22N4O4S/c1-9-12(19-15(23)24-9)13(21)16(2)4-3-5-20(16)14(22)11(17)6-10-7-25-8-18-10/h7-9,11-12H,3-6,17H2,1-2H3,(H,19,23)/t9-,11+,12-,16+/m0/s1. The fourth-order valence-electron chi connectivity index (χ4n) is 3.55. The number of nitrogens with one attached hydrogen (secondary N) is 1. The molecule has 3 N–H and O–H groups in total. The number of likely N-dealkylation sites (tertiary alicyclic amines) is 1. The molecule has 3 rings (SSSR count). The highest BCUT2D eigenvalue weighted by atomic mass is 32.1. The molecular weight excluding hydrogens is 344 g/mol. The van der Waals surface area contributed by atoms with Gasteiger partial charge in [0.05, 0.1) is 17.2 Å². The van der Waals surface area contributed by atoms with Crippen LogP contribution in [-0.2, 0) is 20.7 Å². The Kier molecular flexibility index (Phi) is 4.79. The van der Waals surface area contributed by atoms with Crippen LogP contribution in [0.1, 0.15) is 32.4 Å². The van der Waals surface area contributed by atoms with Gasteiger partial charge in [0.25, 0.3) is 0 Å². The van der Waals surface area contributed by atoms with E-state index in [0.29, 0.717) is 25.8 Å². The number of carbonyl (C=O) groups excluding carboxylic acids is 3. The van der Waals surface area contributed by atoms with Crippen LogP contribution >= 0.6 is 11.3 Å². The average molecular weight is 366 g/mol. The molecule has 1 aromatic rings. The molecule has 9 heteroatoms. The summed E-state index contributed by atoms with van der Waals surface area (Å²) in [4.78, 5) is 43.0. The Labute approximate surface area is 149 Å². The van der Waals surface area contributed by atoms with Crippen molar-refractivity contribution >= 4 is 29.1 Å². The summed E-state index contributed by atoms with van der Waals surface area (Å²) in [5, 5.41) is 4.40. The summed E-state index contributed by atoms with van der Waals surface area (Å²) in [6, 6.07) is -1.50. The van der Waals surface area contributed by atoms with E-state index in [9.17, 15) is 14.4 Å².